The maximum atomic E-state index is 12.7. The zero-order valence-corrected chi connectivity index (χ0v) is 12.0. The van der Waals surface area contributed by atoms with E-state index in [1.807, 2.05) is 6.92 Å². The van der Waals surface area contributed by atoms with Gasteiger partial charge in [0.2, 0.25) is 0 Å². The summed E-state index contributed by atoms with van der Waals surface area (Å²) in [7, 11) is 1.55. The summed E-state index contributed by atoms with van der Waals surface area (Å²) in [5.41, 5.74) is 0.590. The van der Waals surface area contributed by atoms with E-state index in [2.05, 4.69) is 10.3 Å². The molecule has 0 spiro atoms. The minimum absolute atomic E-state index is 0.0272. The number of methoxy groups -OCH3 is 1. The van der Waals surface area contributed by atoms with Gasteiger partial charge in [-0.3, -0.25) is 0 Å². The highest BCUT2D eigenvalue weighted by Gasteiger charge is 2.31. The van der Waals surface area contributed by atoms with Crippen molar-refractivity contribution in [2.45, 2.75) is 13.1 Å². The van der Waals surface area contributed by atoms with Crippen LogP contribution in [0.4, 0.5) is 24.7 Å². The molecule has 1 aromatic heterocycles. The molecule has 1 aromatic carbocycles. The Morgan fingerprint density at radius 3 is 2.48 bits per heavy atom. The molecule has 1 heterocycles. The molecule has 0 aliphatic heterocycles. The summed E-state index contributed by atoms with van der Waals surface area (Å²) in [5.74, 6) is 0.718. The van der Waals surface area contributed by atoms with Crippen molar-refractivity contribution in [2.24, 2.45) is 0 Å². The number of rotatable bonds is 3. The summed E-state index contributed by atoms with van der Waals surface area (Å²) in [5, 5.41) is 2.57. The van der Waals surface area contributed by atoms with Crippen LogP contribution in [0.5, 0.6) is 5.75 Å². The van der Waals surface area contributed by atoms with Gasteiger partial charge in [-0.2, -0.15) is 13.2 Å². The van der Waals surface area contributed by atoms with Crippen LogP contribution in [0.1, 0.15) is 11.1 Å². The van der Waals surface area contributed by atoms with Crippen molar-refractivity contribution in [1.29, 1.82) is 0 Å². The number of benzene rings is 1. The first-order chi connectivity index (χ1) is 9.79. The lowest BCUT2D eigenvalue weighted by molar-refractivity contribution is -0.137. The number of nitrogens with zero attached hydrogens (tertiary/aromatic N) is 1. The van der Waals surface area contributed by atoms with Crippen LogP contribution in [0.15, 0.2) is 30.3 Å². The van der Waals surface area contributed by atoms with Crippen LogP contribution < -0.4 is 10.1 Å². The lowest BCUT2D eigenvalue weighted by Gasteiger charge is -2.12. The summed E-state index contributed by atoms with van der Waals surface area (Å²) in [6.45, 7) is 1.83. The Balaban J connectivity index is 2.31. The molecule has 0 radical (unpaired) electrons. The van der Waals surface area contributed by atoms with Crippen LogP contribution >= 0.6 is 11.6 Å². The topological polar surface area (TPSA) is 34.1 Å². The van der Waals surface area contributed by atoms with Crippen LogP contribution in [-0.4, -0.2) is 12.1 Å². The second-order valence-corrected chi connectivity index (χ2v) is 4.76. The highest BCUT2D eigenvalue weighted by atomic mass is 35.5. The normalized spacial score (nSPS) is 11.3. The molecule has 21 heavy (non-hydrogen) atoms. The summed E-state index contributed by atoms with van der Waals surface area (Å²) >= 11 is 5.63. The number of hydrogen-bond donors (Lipinski definition) is 1. The summed E-state index contributed by atoms with van der Waals surface area (Å²) in [4.78, 5) is 3.84. The molecule has 2 rings (SSSR count). The minimum Gasteiger partial charge on any atom is -0.496 e. The monoisotopic (exact) mass is 316 g/mol. The number of aromatic nitrogens is 1. The molecule has 3 nitrogen and oxygen atoms in total. The van der Waals surface area contributed by atoms with Crippen LogP contribution in [0.25, 0.3) is 0 Å². The van der Waals surface area contributed by atoms with Crippen molar-refractivity contribution in [3.63, 3.8) is 0 Å². The molecule has 2 aromatic rings. The Hall–Kier alpha value is -1.95. The zero-order valence-electron chi connectivity index (χ0n) is 11.3. The quantitative estimate of drug-likeness (QED) is 0.825. The van der Waals surface area contributed by atoms with Crippen molar-refractivity contribution < 1.29 is 17.9 Å². The first-order valence-corrected chi connectivity index (χ1v) is 6.34. The van der Waals surface area contributed by atoms with Crippen LogP contribution in [0, 0.1) is 6.92 Å². The molecule has 112 valence electrons. The Morgan fingerprint density at radius 2 is 1.90 bits per heavy atom. The Kier molecular flexibility index (Phi) is 4.27. The first-order valence-electron chi connectivity index (χ1n) is 5.96. The highest BCUT2D eigenvalue weighted by molar-refractivity contribution is 6.29. The number of ether oxygens (including phenoxy) is 1. The molecule has 0 fully saturated rings. The van der Waals surface area contributed by atoms with E-state index >= 15 is 0 Å². The fourth-order valence-electron chi connectivity index (χ4n) is 1.83. The van der Waals surface area contributed by atoms with Gasteiger partial charge in [0, 0.05) is 5.69 Å². The van der Waals surface area contributed by atoms with Crippen molar-refractivity contribution in [3.8, 4) is 5.75 Å². The van der Waals surface area contributed by atoms with E-state index in [0.29, 0.717) is 11.4 Å². The molecular formula is C14H12ClF3N2O. The van der Waals surface area contributed by atoms with Crippen LogP contribution in [0.2, 0.25) is 5.15 Å². The van der Waals surface area contributed by atoms with E-state index in [4.69, 9.17) is 16.3 Å². The average molecular weight is 317 g/mol. The molecule has 1 N–H and O–H groups in total. The molecule has 0 saturated carbocycles. The third-order valence-electron chi connectivity index (χ3n) is 2.79. The fourth-order valence-corrected chi connectivity index (χ4v) is 2.04. The van der Waals surface area contributed by atoms with Gasteiger partial charge in [-0.25, -0.2) is 4.98 Å². The van der Waals surface area contributed by atoms with Crippen molar-refractivity contribution in [1.82, 2.24) is 4.98 Å². The van der Waals surface area contributed by atoms with Crippen molar-refractivity contribution in [2.75, 3.05) is 12.4 Å². The van der Waals surface area contributed by atoms with E-state index in [9.17, 15) is 13.2 Å². The molecule has 0 unspecified atom stereocenters. The lowest BCUT2D eigenvalue weighted by atomic mass is 10.2. The number of aryl methyl sites for hydroxylation is 1. The molecule has 0 aliphatic carbocycles. The zero-order chi connectivity index (χ0) is 15.6. The van der Waals surface area contributed by atoms with E-state index in [0.717, 1.165) is 17.7 Å². The number of nitrogens with one attached hydrogen (secondary N) is 1. The molecule has 7 heteroatoms. The Bertz CT molecular complexity index is 659. The van der Waals surface area contributed by atoms with E-state index in [1.54, 1.807) is 25.3 Å². The second-order valence-electron chi connectivity index (χ2n) is 4.37. The Labute approximate surface area is 124 Å². The third kappa shape index (κ3) is 3.78. The summed E-state index contributed by atoms with van der Waals surface area (Å²) < 4.78 is 43.3. The standard InChI is InChI=1S/C14H12ClF3N2O/c1-8-5-10(3-4-11(8)21-2)19-13-7-9(14(16,17)18)6-12(15)20-13/h3-7H,1-2H3,(H,19,20). The second kappa shape index (κ2) is 5.81. The summed E-state index contributed by atoms with van der Waals surface area (Å²) in [6, 6.07) is 6.83. The largest absolute Gasteiger partial charge is 0.496 e. The molecule has 0 amide bonds. The van der Waals surface area contributed by atoms with Gasteiger partial charge in [0.15, 0.2) is 0 Å². The maximum Gasteiger partial charge on any atom is 0.416 e. The van der Waals surface area contributed by atoms with Crippen LogP contribution in [0.3, 0.4) is 0 Å². The maximum absolute atomic E-state index is 12.7. The Morgan fingerprint density at radius 1 is 1.19 bits per heavy atom. The summed E-state index contributed by atoms with van der Waals surface area (Å²) in [6.07, 6.45) is -4.47. The third-order valence-corrected chi connectivity index (χ3v) is 2.98. The molecule has 0 atom stereocenters. The van der Waals surface area contributed by atoms with Gasteiger partial charge in [-0.1, -0.05) is 11.6 Å². The number of halogens is 4. The van der Waals surface area contributed by atoms with E-state index in [1.165, 1.54) is 0 Å². The van der Waals surface area contributed by atoms with E-state index < -0.39 is 11.7 Å². The van der Waals surface area contributed by atoms with Gasteiger partial charge in [-0.15, -0.1) is 0 Å². The molecule has 0 aliphatic rings. The van der Waals surface area contributed by atoms with Crippen molar-refractivity contribution in [3.05, 3.63) is 46.6 Å². The van der Waals surface area contributed by atoms with Gasteiger partial charge in [0.1, 0.15) is 16.7 Å². The predicted octanol–water partition coefficient (Wildman–Crippen LogP) is 4.81. The number of anilines is 2. The SMILES string of the molecule is COc1ccc(Nc2cc(C(F)(F)F)cc(Cl)n2)cc1C. The predicted molar refractivity (Wildman–Crippen MR) is 75.3 cm³/mol. The van der Waals surface area contributed by atoms with Gasteiger partial charge >= 0.3 is 6.18 Å². The van der Waals surface area contributed by atoms with Gasteiger partial charge in [0.05, 0.1) is 12.7 Å². The van der Waals surface area contributed by atoms with Crippen LogP contribution in [-0.2, 0) is 6.18 Å². The molecule has 0 bridgehead atoms. The van der Waals surface area contributed by atoms with Gasteiger partial charge < -0.3 is 10.1 Å². The van der Waals surface area contributed by atoms with E-state index in [-0.39, 0.29) is 11.0 Å². The minimum atomic E-state index is -4.47. The van der Waals surface area contributed by atoms with Crippen molar-refractivity contribution >= 4 is 23.1 Å². The molecule has 0 saturated heterocycles. The number of pyridine rings is 1. The highest BCUT2D eigenvalue weighted by Crippen LogP contribution is 2.33. The number of hydrogen-bond acceptors (Lipinski definition) is 3. The fraction of sp³-hybridized carbons (Fsp3) is 0.214. The molecular weight excluding hydrogens is 305 g/mol. The first kappa shape index (κ1) is 15.4. The smallest absolute Gasteiger partial charge is 0.416 e. The van der Waals surface area contributed by atoms with Gasteiger partial charge in [-0.05, 0) is 42.8 Å². The van der Waals surface area contributed by atoms with Gasteiger partial charge in [0.25, 0.3) is 0 Å². The number of alkyl halides is 3. The average Bonchev–Trinajstić information content (AvgIpc) is 2.37. The lowest BCUT2D eigenvalue weighted by Crippen LogP contribution is -2.06.